The van der Waals surface area contributed by atoms with Gasteiger partial charge in [0.15, 0.2) is 0 Å². The van der Waals surface area contributed by atoms with E-state index >= 15 is 0 Å². The van der Waals surface area contributed by atoms with Crippen molar-refractivity contribution in [1.82, 2.24) is 20.0 Å². The molecular formula is C22H34N4O2. The van der Waals surface area contributed by atoms with Crippen molar-refractivity contribution in [2.75, 3.05) is 45.8 Å². The molecule has 28 heavy (non-hydrogen) atoms. The summed E-state index contributed by atoms with van der Waals surface area (Å²) in [6, 6.07) is 6.22. The molecule has 2 heterocycles. The van der Waals surface area contributed by atoms with Crippen LogP contribution in [0.3, 0.4) is 0 Å². The van der Waals surface area contributed by atoms with Crippen molar-refractivity contribution in [3.05, 3.63) is 34.9 Å². The molecule has 3 rings (SSSR count). The maximum absolute atomic E-state index is 12.5. The minimum absolute atomic E-state index is 0.0228. The van der Waals surface area contributed by atoms with Gasteiger partial charge in [-0.05, 0) is 62.4 Å². The number of piperazine rings is 1. The van der Waals surface area contributed by atoms with E-state index in [0.717, 1.165) is 31.6 Å². The fourth-order valence-electron chi connectivity index (χ4n) is 4.11. The molecule has 1 N–H and O–H groups in total. The number of nitrogens with zero attached hydrogens (tertiary/aromatic N) is 3. The third kappa shape index (κ3) is 5.25. The number of nitrogens with one attached hydrogen (secondary N) is 1. The zero-order valence-electron chi connectivity index (χ0n) is 17.5. The van der Waals surface area contributed by atoms with Crippen LogP contribution >= 0.6 is 0 Å². The van der Waals surface area contributed by atoms with Crippen LogP contribution in [-0.4, -0.2) is 72.5 Å². The van der Waals surface area contributed by atoms with Crippen molar-refractivity contribution in [2.45, 2.75) is 40.2 Å². The Morgan fingerprint density at radius 1 is 1.18 bits per heavy atom. The number of hydrogen-bond donors (Lipinski definition) is 1. The van der Waals surface area contributed by atoms with Gasteiger partial charge in [0.05, 0.1) is 0 Å². The Morgan fingerprint density at radius 2 is 2.00 bits per heavy atom. The third-order valence-corrected chi connectivity index (χ3v) is 6.00. The summed E-state index contributed by atoms with van der Waals surface area (Å²) in [5.74, 6) is 0.548. The second-order valence-corrected chi connectivity index (χ2v) is 8.30. The van der Waals surface area contributed by atoms with Crippen LogP contribution in [0.5, 0.6) is 0 Å². The number of carbonyl (C=O) groups excluding carboxylic acids is 2. The van der Waals surface area contributed by atoms with Crippen LogP contribution in [0.15, 0.2) is 18.2 Å². The Kier molecular flexibility index (Phi) is 6.94. The zero-order chi connectivity index (χ0) is 20.1. The largest absolute Gasteiger partial charge is 0.338 e. The van der Waals surface area contributed by atoms with Gasteiger partial charge >= 0.3 is 6.03 Å². The molecule has 1 aromatic carbocycles. The van der Waals surface area contributed by atoms with E-state index in [4.69, 9.17) is 0 Å². The van der Waals surface area contributed by atoms with Crippen LogP contribution in [-0.2, 0) is 11.3 Å². The first-order chi connectivity index (χ1) is 13.5. The topological polar surface area (TPSA) is 55.9 Å². The number of urea groups is 1. The van der Waals surface area contributed by atoms with Crippen LogP contribution in [0, 0.1) is 19.8 Å². The Labute approximate surface area is 168 Å². The smallest absolute Gasteiger partial charge is 0.317 e. The van der Waals surface area contributed by atoms with E-state index in [-0.39, 0.29) is 18.5 Å². The molecule has 0 spiro atoms. The van der Waals surface area contributed by atoms with Crippen molar-refractivity contribution in [1.29, 1.82) is 0 Å². The van der Waals surface area contributed by atoms with Crippen LogP contribution in [0.2, 0.25) is 0 Å². The van der Waals surface area contributed by atoms with Crippen molar-refractivity contribution in [2.24, 2.45) is 5.92 Å². The first-order valence-corrected chi connectivity index (χ1v) is 10.5. The van der Waals surface area contributed by atoms with Crippen LogP contribution in [0.4, 0.5) is 4.79 Å². The molecule has 2 fully saturated rings. The SMILES string of the molecule is CCCN1CC[C@H](CNC(=O)N2CCN(Cc3ccc(C)c(C)c3)C(=O)C2)C1. The minimum Gasteiger partial charge on any atom is -0.338 e. The highest BCUT2D eigenvalue weighted by Crippen LogP contribution is 2.16. The summed E-state index contributed by atoms with van der Waals surface area (Å²) < 4.78 is 0. The molecule has 2 aliphatic heterocycles. The molecule has 1 aromatic rings. The van der Waals surface area contributed by atoms with Crippen molar-refractivity contribution in [3.8, 4) is 0 Å². The van der Waals surface area contributed by atoms with Gasteiger partial charge in [-0.3, -0.25) is 4.79 Å². The summed E-state index contributed by atoms with van der Waals surface area (Å²) in [5.41, 5.74) is 3.65. The van der Waals surface area contributed by atoms with Crippen molar-refractivity contribution >= 4 is 11.9 Å². The molecule has 2 aliphatic rings. The van der Waals surface area contributed by atoms with E-state index in [1.54, 1.807) is 4.90 Å². The van der Waals surface area contributed by atoms with Gasteiger partial charge in [0.25, 0.3) is 0 Å². The van der Waals surface area contributed by atoms with Gasteiger partial charge in [-0.25, -0.2) is 4.79 Å². The van der Waals surface area contributed by atoms with Gasteiger partial charge in [-0.2, -0.15) is 0 Å². The number of rotatable bonds is 6. The van der Waals surface area contributed by atoms with Gasteiger partial charge in [0, 0.05) is 32.7 Å². The molecule has 1 atom stereocenters. The highest BCUT2D eigenvalue weighted by Gasteiger charge is 2.28. The van der Waals surface area contributed by atoms with Gasteiger partial charge in [0.2, 0.25) is 5.91 Å². The first-order valence-electron chi connectivity index (χ1n) is 10.5. The Balaban J connectivity index is 1.43. The lowest BCUT2D eigenvalue weighted by molar-refractivity contribution is -0.135. The fourth-order valence-corrected chi connectivity index (χ4v) is 4.11. The zero-order valence-corrected chi connectivity index (χ0v) is 17.5. The standard InChI is InChI=1S/C22H34N4O2/c1-4-8-24-9-7-20(14-24)13-23-22(28)26-11-10-25(21(27)16-26)15-19-6-5-17(2)18(3)12-19/h5-6,12,20H,4,7-11,13-16H2,1-3H3,(H,23,28)/t20-/m1/s1. The van der Waals surface area contributed by atoms with Crippen LogP contribution < -0.4 is 5.32 Å². The van der Waals surface area contributed by atoms with Crippen LogP contribution in [0.25, 0.3) is 0 Å². The fraction of sp³-hybridized carbons (Fsp3) is 0.636. The number of benzene rings is 1. The normalized spacial score (nSPS) is 20.7. The van der Waals surface area contributed by atoms with E-state index in [1.165, 1.54) is 17.5 Å². The lowest BCUT2D eigenvalue weighted by Gasteiger charge is -2.34. The average Bonchev–Trinajstić information content (AvgIpc) is 3.12. The summed E-state index contributed by atoms with van der Waals surface area (Å²) in [6.45, 7) is 12.4. The van der Waals surface area contributed by atoms with Crippen molar-refractivity contribution in [3.63, 3.8) is 0 Å². The third-order valence-electron chi connectivity index (χ3n) is 6.00. The molecule has 0 unspecified atom stereocenters. The van der Waals surface area contributed by atoms with E-state index in [1.807, 2.05) is 4.90 Å². The molecule has 0 radical (unpaired) electrons. The number of likely N-dealkylation sites (tertiary alicyclic amines) is 1. The minimum atomic E-state index is -0.104. The maximum atomic E-state index is 12.5. The molecular weight excluding hydrogens is 352 g/mol. The second kappa shape index (κ2) is 9.41. The first kappa shape index (κ1) is 20.6. The predicted molar refractivity (Wildman–Crippen MR) is 111 cm³/mol. The molecule has 0 saturated carbocycles. The molecule has 154 valence electrons. The average molecular weight is 387 g/mol. The second-order valence-electron chi connectivity index (χ2n) is 8.30. The molecule has 3 amide bonds. The molecule has 0 aliphatic carbocycles. The number of aryl methyl sites for hydroxylation is 2. The summed E-state index contributed by atoms with van der Waals surface area (Å²) in [4.78, 5) is 31.0. The quantitative estimate of drug-likeness (QED) is 0.817. The van der Waals surface area contributed by atoms with E-state index in [2.05, 4.69) is 49.2 Å². The highest BCUT2D eigenvalue weighted by atomic mass is 16.2. The van der Waals surface area contributed by atoms with Gasteiger partial charge in [-0.15, -0.1) is 0 Å². The summed E-state index contributed by atoms with van der Waals surface area (Å²) in [6.07, 6.45) is 2.32. The summed E-state index contributed by atoms with van der Waals surface area (Å²) in [5, 5.41) is 3.05. The van der Waals surface area contributed by atoms with E-state index in [0.29, 0.717) is 32.1 Å². The predicted octanol–water partition coefficient (Wildman–Crippen LogP) is 2.39. The maximum Gasteiger partial charge on any atom is 0.317 e. The Hall–Kier alpha value is -2.08. The molecule has 2 saturated heterocycles. The summed E-state index contributed by atoms with van der Waals surface area (Å²) >= 11 is 0. The van der Waals surface area contributed by atoms with E-state index < -0.39 is 0 Å². The monoisotopic (exact) mass is 386 g/mol. The van der Waals surface area contributed by atoms with Gasteiger partial charge < -0.3 is 20.0 Å². The van der Waals surface area contributed by atoms with Gasteiger partial charge in [0.1, 0.15) is 6.54 Å². The Morgan fingerprint density at radius 3 is 2.71 bits per heavy atom. The lowest BCUT2D eigenvalue weighted by Crippen LogP contribution is -2.54. The van der Waals surface area contributed by atoms with Crippen LogP contribution in [0.1, 0.15) is 36.5 Å². The molecule has 0 bridgehead atoms. The molecule has 6 nitrogen and oxygen atoms in total. The molecule has 6 heteroatoms. The molecule has 0 aromatic heterocycles. The lowest BCUT2D eigenvalue weighted by atomic mass is 10.1. The Bertz CT molecular complexity index is 706. The van der Waals surface area contributed by atoms with E-state index in [9.17, 15) is 9.59 Å². The summed E-state index contributed by atoms with van der Waals surface area (Å²) in [7, 11) is 0. The number of hydrogen-bond acceptors (Lipinski definition) is 3. The number of carbonyl (C=O) groups is 2. The number of amides is 3. The van der Waals surface area contributed by atoms with Crippen molar-refractivity contribution < 1.29 is 9.59 Å². The highest BCUT2D eigenvalue weighted by molar-refractivity contribution is 5.85. The van der Waals surface area contributed by atoms with Gasteiger partial charge in [-0.1, -0.05) is 25.1 Å².